The fourth-order valence-corrected chi connectivity index (χ4v) is 2.54. The summed E-state index contributed by atoms with van der Waals surface area (Å²) in [5, 5.41) is 8.41. The molecule has 0 spiro atoms. The Morgan fingerprint density at radius 2 is 1.61 bits per heavy atom. The molecule has 0 radical (unpaired) electrons. The average molecular weight is 301 g/mol. The molecule has 112 valence electrons. The number of aromatic nitrogens is 5. The topological polar surface area (TPSA) is 59.4 Å². The van der Waals surface area contributed by atoms with Crippen molar-refractivity contribution in [3.63, 3.8) is 0 Å². The zero-order valence-corrected chi connectivity index (χ0v) is 12.6. The van der Waals surface area contributed by atoms with E-state index < -0.39 is 0 Å². The number of hydrogen-bond donors (Lipinski definition) is 1. The number of benzene rings is 2. The fraction of sp³-hybridized carbons (Fsp3) is 0.0556. The van der Waals surface area contributed by atoms with Crippen LogP contribution in [0.2, 0.25) is 0 Å². The van der Waals surface area contributed by atoms with Gasteiger partial charge < -0.3 is 4.98 Å². The molecule has 5 nitrogen and oxygen atoms in total. The monoisotopic (exact) mass is 301 g/mol. The number of para-hydroxylation sites is 1. The lowest BCUT2D eigenvalue weighted by atomic mass is 10.1. The van der Waals surface area contributed by atoms with Crippen LogP contribution in [-0.2, 0) is 0 Å². The molecule has 2 aromatic carbocycles. The van der Waals surface area contributed by atoms with E-state index in [4.69, 9.17) is 0 Å². The number of rotatable bonds is 3. The molecule has 0 saturated heterocycles. The first-order valence-corrected chi connectivity index (χ1v) is 7.41. The molecule has 0 amide bonds. The van der Waals surface area contributed by atoms with Gasteiger partial charge in [-0.15, -0.1) is 5.10 Å². The summed E-state index contributed by atoms with van der Waals surface area (Å²) in [4.78, 5) is 7.98. The van der Waals surface area contributed by atoms with Gasteiger partial charge in [0.2, 0.25) is 0 Å². The summed E-state index contributed by atoms with van der Waals surface area (Å²) in [6, 6.07) is 20.0. The maximum Gasteiger partial charge on any atom is 0.160 e. The Kier molecular flexibility index (Phi) is 3.24. The molecule has 23 heavy (non-hydrogen) atoms. The number of nitrogens with one attached hydrogen (secondary N) is 1. The highest BCUT2D eigenvalue weighted by atomic mass is 15.4. The number of aromatic amines is 1. The van der Waals surface area contributed by atoms with Gasteiger partial charge in [0.05, 0.1) is 17.6 Å². The molecule has 2 aromatic heterocycles. The van der Waals surface area contributed by atoms with Crippen LogP contribution in [0.25, 0.3) is 28.5 Å². The van der Waals surface area contributed by atoms with Crippen LogP contribution >= 0.6 is 0 Å². The Hall–Kier alpha value is -3.21. The number of imidazole rings is 1. The molecule has 4 rings (SSSR count). The van der Waals surface area contributed by atoms with E-state index in [0.29, 0.717) is 0 Å². The van der Waals surface area contributed by atoms with Crippen LogP contribution in [0.1, 0.15) is 5.69 Å². The molecule has 1 N–H and O–H groups in total. The van der Waals surface area contributed by atoms with Crippen molar-refractivity contribution >= 4 is 0 Å². The molecule has 4 aromatic rings. The Morgan fingerprint density at radius 3 is 2.35 bits per heavy atom. The van der Waals surface area contributed by atoms with Gasteiger partial charge >= 0.3 is 0 Å². The van der Waals surface area contributed by atoms with Crippen LogP contribution in [-0.4, -0.2) is 25.0 Å². The van der Waals surface area contributed by atoms with Crippen molar-refractivity contribution in [1.29, 1.82) is 0 Å². The predicted octanol–water partition coefficient (Wildman–Crippen LogP) is 3.63. The van der Waals surface area contributed by atoms with Crippen LogP contribution in [0.4, 0.5) is 0 Å². The van der Waals surface area contributed by atoms with Gasteiger partial charge in [-0.1, -0.05) is 53.7 Å². The third kappa shape index (κ3) is 2.53. The molecular formula is C18H15N5. The van der Waals surface area contributed by atoms with Gasteiger partial charge in [-0.3, -0.25) is 0 Å². The van der Waals surface area contributed by atoms with Crippen molar-refractivity contribution in [3.05, 3.63) is 72.6 Å². The number of aryl methyl sites for hydroxylation is 1. The number of nitrogens with zero attached hydrogens (tertiary/aromatic N) is 4. The lowest BCUT2D eigenvalue weighted by Gasteiger charge is -1.97. The Balaban J connectivity index is 1.71. The quantitative estimate of drug-likeness (QED) is 0.628. The summed E-state index contributed by atoms with van der Waals surface area (Å²) < 4.78 is 1.75. The zero-order chi connectivity index (χ0) is 15.6. The first-order chi connectivity index (χ1) is 11.3. The lowest BCUT2D eigenvalue weighted by Crippen LogP contribution is -1.93. The number of H-pyrrole nitrogens is 1. The maximum absolute atomic E-state index is 4.69. The van der Waals surface area contributed by atoms with Crippen molar-refractivity contribution in [2.24, 2.45) is 0 Å². The minimum atomic E-state index is 0.721. The van der Waals surface area contributed by atoms with E-state index >= 15 is 0 Å². The van der Waals surface area contributed by atoms with E-state index in [-0.39, 0.29) is 0 Å². The van der Waals surface area contributed by atoms with Crippen LogP contribution < -0.4 is 0 Å². The van der Waals surface area contributed by atoms with Gasteiger partial charge in [0.1, 0.15) is 5.69 Å². The van der Waals surface area contributed by atoms with Crippen molar-refractivity contribution in [1.82, 2.24) is 25.0 Å². The van der Waals surface area contributed by atoms with E-state index in [9.17, 15) is 0 Å². The summed E-state index contributed by atoms with van der Waals surface area (Å²) >= 11 is 0. The zero-order valence-electron chi connectivity index (χ0n) is 12.6. The normalized spacial score (nSPS) is 10.8. The summed E-state index contributed by atoms with van der Waals surface area (Å²) in [7, 11) is 0. The summed E-state index contributed by atoms with van der Waals surface area (Å²) in [5.74, 6) is 0.725. The van der Waals surface area contributed by atoms with E-state index in [1.807, 2.05) is 73.8 Å². The highest BCUT2D eigenvalue weighted by Crippen LogP contribution is 2.24. The molecule has 0 fully saturated rings. The standard InChI is InChI=1S/C18H15N5/c1-13-17(14-8-4-2-5-9-14)20-18(19-13)16-12-23(22-21-16)15-10-6-3-7-11-15/h2-12H,1H3,(H,19,20). The number of hydrogen-bond acceptors (Lipinski definition) is 3. The third-order valence-corrected chi connectivity index (χ3v) is 3.69. The Bertz CT molecular complexity index is 922. The van der Waals surface area contributed by atoms with Gasteiger partial charge in [-0.05, 0) is 19.1 Å². The molecule has 0 saturated carbocycles. The SMILES string of the molecule is Cc1[nH]c(-c2cn(-c3ccccc3)nn2)nc1-c1ccccc1. The summed E-state index contributed by atoms with van der Waals surface area (Å²) in [5.41, 5.74) is 4.73. The smallest absolute Gasteiger partial charge is 0.160 e. The van der Waals surface area contributed by atoms with Gasteiger partial charge in [0.15, 0.2) is 5.82 Å². The largest absolute Gasteiger partial charge is 0.340 e. The van der Waals surface area contributed by atoms with E-state index in [0.717, 1.165) is 34.2 Å². The Morgan fingerprint density at radius 1 is 0.913 bits per heavy atom. The van der Waals surface area contributed by atoms with E-state index in [2.05, 4.69) is 20.3 Å². The van der Waals surface area contributed by atoms with E-state index in [1.54, 1.807) is 4.68 Å². The van der Waals surface area contributed by atoms with Crippen molar-refractivity contribution in [2.45, 2.75) is 6.92 Å². The second kappa shape index (κ2) is 5.53. The minimum Gasteiger partial charge on any atom is -0.340 e. The van der Waals surface area contributed by atoms with Crippen LogP contribution in [0.3, 0.4) is 0 Å². The Labute approximate surface area is 133 Å². The van der Waals surface area contributed by atoms with Gasteiger partial charge in [-0.25, -0.2) is 9.67 Å². The van der Waals surface area contributed by atoms with Gasteiger partial charge in [0, 0.05) is 11.3 Å². The van der Waals surface area contributed by atoms with Crippen molar-refractivity contribution in [3.8, 4) is 28.5 Å². The highest BCUT2D eigenvalue weighted by Gasteiger charge is 2.13. The fourth-order valence-electron chi connectivity index (χ4n) is 2.54. The molecule has 0 bridgehead atoms. The molecular weight excluding hydrogens is 286 g/mol. The molecule has 2 heterocycles. The maximum atomic E-state index is 4.69. The molecule has 5 heteroatoms. The predicted molar refractivity (Wildman–Crippen MR) is 89.1 cm³/mol. The molecule has 0 aliphatic heterocycles. The van der Waals surface area contributed by atoms with Crippen molar-refractivity contribution < 1.29 is 0 Å². The molecule has 0 unspecified atom stereocenters. The summed E-state index contributed by atoms with van der Waals surface area (Å²) in [6.45, 7) is 2.01. The lowest BCUT2D eigenvalue weighted by molar-refractivity contribution is 0.803. The highest BCUT2D eigenvalue weighted by molar-refractivity contribution is 5.65. The van der Waals surface area contributed by atoms with Crippen LogP contribution in [0, 0.1) is 6.92 Å². The second-order valence-corrected chi connectivity index (χ2v) is 5.31. The average Bonchev–Trinajstić information content (AvgIpc) is 3.23. The summed E-state index contributed by atoms with van der Waals surface area (Å²) in [6.07, 6.45) is 1.88. The van der Waals surface area contributed by atoms with E-state index in [1.165, 1.54) is 0 Å². The minimum absolute atomic E-state index is 0.721. The van der Waals surface area contributed by atoms with Crippen molar-refractivity contribution in [2.75, 3.05) is 0 Å². The van der Waals surface area contributed by atoms with Crippen LogP contribution in [0.15, 0.2) is 66.9 Å². The first kappa shape index (κ1) is 13.5. The molecule has 0 aliphatic rings. The third-order valence-electron chi connectivity index (χ3n) is 3.69. The van der Waals surface area contributed by atoms with Gasteiger partial charge in [0.25, 0.3) is 0 Å². The van der Waals surface area contributed by atoms with Gasteiger partial charge in [-0.2, -0.15) is 0 Å². The van der Waals surface area contributed by atoms with Crippen LogP contribution in [0.5, 0.6) is 0 Å². The second-order valence-electron chi connectivity index (χ2n) is 5.31. The first-order valence-electron chi connectivity index (χ1n) is 7.41. The molecule has 0 aliphatic carbocycles. The molecule has 0 atom stereocenters.